The van der Waals surface area contributed by atoms with E-state index in [0.29, 0.717) is 11.6 Å². The SMILES string of the molecule is CCc1nn(C)c(NC(=O)c2cc(OC)cc(C(=O)O)c2)c1CC. The van der Waals surface area contributed by atoms with Gasteiger partial charge < -0.3 is 15.2 Å². The van der Waals surface area contributed by atoms with Gasteiger partial charge in [-0.15, -0.1) is 0 Å². The van der Waals surface area contributed by atoms with Crippen LogP contribution >= 0.6 is 0 Å². The van der Waals surface area contributed by atoms with E-state index >= 15 is 0 Å². The highest BCUT2D eigenvalue weighted by Gasteiger charge is 2.18. The minimum Gasteiger partial charge on any atom is -0.497 e. The van der Waals surface area contributed by atoms with Gasteiger partial charge in [0.25, 0.3) is 5.91 Å². The van der Waals surface area contributed by atoms with Gasteiger partial charge >= 0.3 is 5.97 Å². The van der Waals surface area contributed by atoms with E-state index in [9.17, 15) is 9.59 Å². The summed E-state index contributed by atoms with van der Waals surface area (Å²) in [6.07, 6.45) is 1.51. The Kier molecular flexibility index (Phi) is 5.23. The molecule has 2 N–H and O–H groups in total. The maximum atomic E-state index is 12.6. The van der Waals surface area contributed by atoms with Crippen LogP contribution in [0.1, 0.15) is 45.8 Å². The average molecular weight is 331 g/mol. The zero-order valence-electron chi connectivity index (χ0n) is 14.2. The van der Waals surface area contributed by atoms with Crippen LogP contribution in [0.4, 0.5) is 5.82 Å². The van der Waals surface area contributed by atoms with E-state index < -0.39 is 11.9 Å². The predicted molar refractivity (Wildman–Crippen MR) is 89.9 cm³/mol. The second-order valence-corrected chi connectivity index (χ2v) is 5.31. The van der Waals surface area contributed by atoms with Crippen molar-refractivity contribution in [2.75, 3.05) is 12.4 Å². The highest BCUT2D eigenvalue weighted by molar-refractivity contribution is 6.06. The van der Waals surface area contributed by atoms with Crippen molar-refractivity contribution in [1.29, 1.82) is 0 Å². The van der Waals surface area contributed by atoms with Crippen molar-refractivity contribution < 1.29 is 19.4 Å². The molecular weight excluding hydrogens is 310 g/mol. The standard InChI is InChI=1S/C17H21N3O4/c1-5-13-14(6-2)19-20(3)15(13)18-16(21)10-7-11(17(22)23)9-12(8-10)24-4/h7-9H,5-6H2,1-4H3,(H,18,21)(H,22,23). The van der Waals surface area contributed by atoms with Crippen LogP contribution in [0.5, 0.6) is 5.75 Å². The van der Waals surface area contributed by atoms with Gasteiger partial charge in [0.1, 0.15) is 11.6 Å². The molecular formula is C17H21N3O4. The minimum atomic E-state index is -1.12. The molecule has 7 heteroatoms. The number of methoxy groups -OCH3 is 1. The van der Waals surface area contributed by atoms with Gasteiger partial charge in [0.05, 0.1) is 18.4 Å². The lowest BCUT2D eigenvalue weighted by Gasteiger charge is -2.10. The predicted octanol–water partition coefficient (Wildman–Crippen LogP) is 2.50. The molecule has 0 spiro atoms. The monoisotopic (exact) mass is 331 g/mol. The van der Waals surface area contributed by atoms with Crippen molar-refractivity contribution >= 4 is 17.7 Å². The zero-order chi connectivity index (χ0) is 17.9. The summed E-state index contributed by atoms with van der Waals surface area (Å²) in [5, 5.41) is 16.4. The molecule has 0 saturated heterocycles. The van der Waals surface area contributed by atoms with E-state index in [1.54, 1.807) is 11.7 Å². The van der Waals surface area contributed by atoms with Crippen LogP contribution in [-0.4, -0.2) is 33.9 Å². The largest absolute Gasteiger partial charge is 0.497 e. The van der Waals surface area contributed by atoms with Crippen LogP contribution < -0.4 is 10.1 Å². The summed E-state index contributed by atoms with van der Waals surface area (Å²) in [4.78, 5) is 23.8. The number of carbonyl (C=O) groups excluding carboxylic acids is 1. The Labute approximate surface area is 140 Å². The zero-order valence-corrected chi connectivity index (χ0v) is 14.2. The number of ether oxygens (including phenoxy) is 1. The summed E-state index contributed by atoms with van der Waals surface area (Å²) in [6.45, 7) is 4.01. The summed E-state index contributed by atoms with van der Waals surface area (Å²) in [7, 11) is 3.19. The number of nitrogens with one attached hydrogen (secondary N) is 1. The molecule has 0 atom stereocenters. The molecule has 0 radical (unpaired) electrons. The smallest absolute Gasteiger partial charge is 0.335 e. The maximum absolute atomic E-state index is 12.6. The first-order valence-electron chi connectivity index (χ1n) is 7.69. The second-order valence-electron chi connectivity index (χ2n) is 5.31. The molecule has 0 fully saturated rings. The number of carbonyl (C=O) groups is 2. The summed E-state index contributed by atoms with van der Waals surface area (Å²) in [5.74, 6) is -0.586. The number of carboxylic acids is 1. The number of aromatic carboxylic acids is 1. The number of rotatable bonds is 6. The highest BCUT2D eigenvalue weighted by Crippen LogP contribution is 2.23. The van der Waals surface area contributed by atoms with Gasteiger partial charge in [-0.25, -0.2) is 4.79 Å². The fourth-order valence-corrected chi connectivity index (χ4v) is 2.59. The molecule has 0 aliphatic carbocycles. The Morgan fingerprint density at radius 1 is 1.21 bits per heavy atom. The fourth-order valence-electron chi connectivity index (χ4n) is 2.59. The molecule has 1 heterocycles. The third-order valence-corrected chi connectivity index (χ3v) is 3.80. The van der Waals surface area contributed by atoms with Crippen LogP contribution in [-0.2, 0) is 19.9 Å². The molecule has 0 saturated carbocycles. The van der Waals surface area contributed by atoms with Crippen LogP contribution in [0, 0.1) is 0 Å². The molecule has 7 nitrogen and oxygen atoms in total. The molecule has 128 valence electrons. The van der Waals surface area contributed by atoms with Crippen LogP contribution in [0.3, 0.4) is 0 Å². The van der Waals surface area contributed by atoms with E-state index in [1.807, 2.05) is 13.8 Å². The number of amides is 1. The van der Waals surface area contributed by atoms with Gasteiger partial charge in [0, 0.05) is 18.2 Å². The summed E-state index contributed by atoms with van der Waals surface area (Å²) in [6, 6.07) is 4.20. The molecule has 0 bridgehead atoms. The average Bonchev–Trinajstić information content (AvgIpc) is 2.89. The van der Waals surface area contributed by atoms with Crippen molar-refractivity contribution in [2.24, 2.45) is 7.05 Å². The van der Waals surface area contributed by atoms with Crippen molar-refractivity contribution in [2.45, 2.75) is 26.7 Å². The van der Waals surface area contributed by atoms with E-state index in [-0.39, 0.29) is 11.1 Å². The summed E-state index contributed by atoms with van der Waals surface area (Å²) in [5.41, 5.74) is 2.13. The molecule has 1 aromatic heterocycles. The number of aromatic nitrogens is 2. The summed E-state index contributed by atoms with van der Waals surface area (Å²) < 4.78 is 6.71. The lowest BCUT2D eigenvalue weighted by Crippen LogP contribution is -2.16. The van der Waals surface area contributed by atoms with E-state index in [0.717, 1.165) is 24.1 Å². The third-order valence-electron chi connectivity index (χ3n) is 3.80. The number of carboxylic acid groups (broad SMARTS) is 1. The molecule has 1 aromatic carbocycles. The van der Waals surface area contributed by atoms with E-state index in [1.165, 1.54) is 25.3 Å². The van der Waals surface area contributed by atoms with Crippen molar-refractivity contribution in [3.8, 4) is 5.75 Å². The molecule has 1 amide bonds. The van der Waals surface area contributed by atoms with Crippen molar-refractivity contribution in [1.82, 2.24) is 9.78 Å². The lowest BCUT2D eigenvalue weighted by molar-refractivity contribution is 0.0696. The van der Waals surface area contributed by atoms with Crippen LogP contribution in [0.25, 0.3) is 0 Å². The molecule has 0 aliphatic rings. The Hall–Kier alpha value is -2.83. The number of hydrogen-bond acceptors (Lipinski definition) is 4. The number of benzene rings is 1. The van der Waals surface area contributed by atoms with Crippen molar-refractivity contribution in [3.05, 3.63) is 40.6 Å². The molecule has 0 unspecified atom stereocenters. The molecule has 2 aromatic rings. The van der Waals surface area contributed by atoms with Gasteiger partial charge in [-0.3, -0.25) is 9.48 Å². The van der Waals surface area contributed by atoms with E-state index in [4.69, 9.17) is 9.84 Å². The fraction of sp³-hybridized carbons (Fsp3) is 0.353. The van der Waals surface area contributed by atoms with Gasteiger partial charge in [0.15, 0.2) is 0 Å². The number of anilines is 1. The first kappa shape index (κ1) is 17.5. The molecule has 0 aliphatic heterocycles. The normalized spacial score (nSPS) is 10.5. The van der Waals surface area contributed by atoms with Gasteiger partial charge in [-0.1, -0.05) is 13.8 Å². The van der Waals surface area contributed by atoms with Crippen LogP contribution in [0.15, 0.2) is 18.2 Å². The number of nitrogens with zero attached hydrogens (tertiary/aromatic N) is 2. The first-order chi connectivity index (χ1) is 11.4. The summed E-state index contributed by atoms with van der Waals surface area (Å²) >= 11 is 0. The van der Waals surface area contributed by atoms with Crippen LogP contribution in [0.2, 0.25) is 0 Å². The lowest BCUT2D eigenvalue weighted by atomic mass is 10.1. The highest BCUT2D eigenvalue weighted by atomic mass is 16.5. The van der Waals surface area contributed by atoms with Crippen molar-refractivity contribution in [3.63, 3.8) is 0 Å². The Balaban J connectivity index is 2.39. The third kappa shape index (κ3) is 3.40. The maximum Gasteiger partial charge on any atom is 0.335 e. The topological polar surface area (TPSA) is 93.5 Å². The quantitative estimate of drug-likeness (QED) is 0.848. The number of aryl methyl sites for hydroxylation is 2. The van der Waals surface area contributed by atoms with Gasteiger partial charge in [-0.2, -0.15) is 5.10 Å². The Morgan fingerprint density at radius 3 is 2.42 bits per heavy atom. The first-order valence-corrected chi connectivity index (χ1v) is 7.69. The minimum absolute atomic E-state index is 0.00512. The molecule has 24 heavy (non-hydrogen) atoms. The Morgan fingerprint density at radius 2 is 1.88 bits per heavy atom. The Bertz CT molecular complexity index is 780. The van der Waals surface area contributed by atoms with Gasteiger partial charge in [-0.05, 0) is 31.0 Å². The second kappa shape index (κ2) is 7.16. The van der Waals surface area contributed by atoms with E-state index in [2.05, 4.69) is 10.4 Å². The molecule has 2 rings (SSSR count). The van der Waals surface area contributed by atoms with Gasteiger partial charge in [0.2, 0.25) is 0 Å². The number of hydrogen-bond donors (Lipinski definition) is 2.